The van der Waals surface area contributed by atoms with Crippen LogP contribution in [-0.2, 0) is 0 Å². The zero-order chi connectivity index (χ0) is 23.7. The zero-order valence-corrected chi connectivity index (χ0v) is 18.5. The number of hydrogen-bond donors (Lipinski definition) is 4. The molecular weight excluding hydrogens is 428 g/mol. The number of benzene rings is 3. The third kappa shape index (κ3) is 3.81. The van der Waals surface area contributed by atoms with E-state index in [0.29, 0.717) is 5.56 Å². The molecule has 0 aliphatic carbocycles. The van der Waals surface area contributed by atoms with Gasteiger partial charge in [-0.1, -0.05) is 59.8 Å². The first kappa shape index (κ1) is 21.1. The van der Waals surface area contributed by atoms with Crippen molar-refractivity contribution in [3.63, 3.8) is 0 Å². The van der Waals surface area contributed by atoms with E-state index in [2.05, 4.69) is 32.7 Å². The summed E-state index contributed by atoms with van der Waals surface area (Å²) in [6.07, 6.45) is 1.43. The van der Waals surface area contributed by atoms with Crippen LogP contribution in [0, 0.1) is 0 Å². The lowest BCUT2D eigenvalue weighted by molar-refractivity contribution is -0.490. The minimum absolute atomic E-state index is 0.0833. The standard InChI is InChI=1S/C26H22N6O2/c1-16-25(17(2)32(31-16)19-9-4-3-5-10-19)22-14-23(29-28-22)26(34)30-27-15-21-20-11-7-6-8-18(20)12-13-24(21)33/h3-15,25,31H,1H2,2H3,(H2-,27,28,29,30,33,34)/p+1/t25-/m1/s1. The van der Waals surface area contributed by atoms with Crippen LogP contribution < -0.4 is 10.9 Å². The number of nitrogens with zero attached hydrogens (tertiary/aromatic N) is 3. The van der Waals surface area contributed by atoms with Crippen molar-refractivity contribution >= 4 is 34.3 Å². The molecule has 5 rings (SSSR count). The Labute approximate surface area is 195 Å². The summed E-state index contributed by atoms with van der Waals surface area (Å²) < 4.78 is 1.97. The lowest BCUT2D eigenvalue weighted by Gasteiger charge is -2.04. The predicted octanol–water partition coefficient (Wildman–Crippen LogP) is 3.95. The molecule has 0 radical (unpaired) electrons. The first-order valence-electron chi connectivity index (χ1n) is 10.8. The molecule has 0 fully saturated rings. The Hall–Kier alpha value is -4.72. The summed E-state index contributed by atoms with van der Waals surface area (Å²) in [7, 11) is 0. The number of fused-ring (bicyclic) bond motifs is 1. The number of carbonyl (C=O) groups is 1. The summed E-state index contributed by atoms with van der Waals surface area (Å²) in [4.78, 5) is 12.6. The van der Waals surface area contributed by atoms with Gasteiger partial charge in [-0.2, -0.15) is 15.6 Å². The molecule has 8 nitrogen and oxygen atoms in total. The average molecular weight is 452 g/mol. The SMILES string of the molecule is C=C1N[N+](c2ccccc2)=C(C)[C@@H]1c1cc(C(=O)N/N=C/c2c(O)ccc3ccccc23)n[nH]1. The van der Waals surface area contributed by atoms with E-state index in [0.717, 1.165) is 33.6 Å². The van der Waals surface area contributed by atoms with Crippen LogP contribution in [0.2, 0.25) is 0 Å². The molecule has 4 N–H and O–H groups in total. The molecule has 1 aliphatic heterocycles. The maximum Gasteiger partial charge on any atom is 0.291 e. The quantitative estimate of drug-likeness (QED) is 0.209. The Kier molecular flexibility index (Phi) is 5.39. The Morgan fingerprint density at radius 2 is 1.91 bits per heavy atom. The van der Waals surface area contributed by atoms with Crippen molar-refractivity contribution in [3.8, 4) is 5.75 Å². The number of allylic oxidation sites excluding steroid dienone is 1. The number of nitrogens with one attached hydrogen (secondary N) is 3. The molecular formula is C26H23N6O2+. The van der Waals surface area contributed by atoms with Crippen molar-refractivity contribution < 1.29 is 14.6 Å². The molecule has 8 heteroatoms. The summed E-state index contributed by atoms with van der Waals surface area (Å²) >= 11 is 0. The van der Waals surface area contributed by atoms with Crippen molar-refractivity contribution in [2.75, 3.05) is 0 Å². The van der Waals surface area contributed by atoms with E-state index in [-0.39, 0.29) is 17.4 Å². The average Bonchev–Trinajstić information content (AvgIpc) is 3.45. The number of phenolic OH excluding ortho intramolecular Hbond substituents is 1. The molecule has 0 saturated heterocycles. The van der Waals surface area contributed by atoms with Crippen LogP contribution in [0.15, 0.2) is 90.2 Å². The molecule has 1 aliphatic rings. The van der Waals surface area contributed by atoms with E-state index >= 15 is 0 Å². The van der Waals surface area contributed by atoms with Crippen LogP contribution in [0.3, 0.4) is 0 Å². The van der Waals surface area contributed by atoms with Crippen molar-refractivity contribution in [2.24, 2.45) is 5.10 Å². The van der Waals surface area contributed by atoms with Crippen molar-refractivity contribution in [1.29, 1.82) is 0 Å². The van der Waals surface area contributed by atoms with Gasteiger partial charge in [0, 0.05) is 24.6 Å². The van der Waals surface area contributed by atoms with Crippen LogP contribution in [-0.4, -0.2) is 37.8 Å². The molecule has 1 amide bonds. The summed E-state index contributed by atoms with van der Waals surface area (Å²) in [6.45, 7) is 6.14. The number of phenols is 1. The summed E-state index contributed by atoms with van der Waals surface area (Å²) in [5.74, 6) is -0.544. The Bertz CT molecular complexity index is 1470. The number of hydrazone groups is 2. The molecule has 3 aromatic carbocycles. The monoisotopic (exact) mass is 451 g/mol. The highest BCUT2D eigenvalue weighted by Gasteiger charge is 2.37. The molecule has 34 heavy (non-hydrogen) atoms. The van der Waals surface area contributed by atoms with Crippen molar-refractivity contribution in [3.05, 3.63) is 102 Å². The number of H-pyrrole nitrogens is 1. The van der Waals surface area contributed by atoms with Crippen molar-refractivity contribution in [2.45, 2.75) is 12.8 Å². The fourth-order valence-corrected chi connectivity index (χ4v) is 4.17. The largest absolute Gasteiger partial charge is 0.507 e. The molecule has 0 spiro atoms. The predicted molar refractivity (Wildman–Crippen MR) is 131 cm³/mol. The Balaban J connectivity index is 1.34. The second-order valence-corrected chi connectivity index (χ2v) is 8.01. The number of aromatic nitrogens is 2. The molecule has 1 aromatic heterocycles. The number of amides is 1. The zero-order valence-electron chi connectivity index (χ0n) is 18.5. The molecule has 1 atom stereocenters. The highest BCUT2D eigenvalue weighted by molar-refractivity contribution is 6.03. The van der Waals surface area contributed by atoms with Gasteiger partial charge in [-0.3, -0.25) is 9.89 Å². The molecule has 0 saturated carbocycles. The van der Waals surface area contributed by atoms with Gasteiger partial charge in [-0.25, -0.2) is 5.43 Å². The van der Waals surface area contributed by atoms with E-state index in [1.54, 1.807) is 12.1 Å². The van der Waals surface area contributed by atoms with E-state index in [1.807, 2.05) is 72.3 Å². The molecule has 4 aromatic rings. The maximum atomic E-state index is 12.6. The van der Waals surface area contributed by atoms with Crippen molar-refractivity contribution in [1.82, 2.24) is 21.0 Å². The summed E-state index contributed by atoms with van der Waals surface area (Å²) in [5.41, 5.74) is 10.0. The Morgan fingerprint density at radius 3 is 2.74 bits per heavy atom. The van der Waals surface area contributed by atoms with Crippen LogP contribution >= 0.6 is 0 Å². The molecule has 2 heterocycles. The van der Waals surface area contributed by atoms with Gasteiger partial charge in [-0.15, -0.1) is 0 Å². The number of carbonyl (C=O) groups excluding carboxylic acids is 1. The van der Waals surface area contributed by atoms with Gasteiger partial charge < -0.3 is 5.11 Å². The lowest BCUT2D eigenvalue weighted by Crippen LogP contribution is -2.18. The number of para-hydroxylation sites is 1. The summed E-state index contributed by atoms with van der Waals surface area (Å²) in [5, 5.41) is 23.2. The molecule has 168 valence electrons. The lowest BCUT2D eigenvalue weighted by atomic mass is 9.98. The first-order valence-corrected chi connectivity index (χ1v) is 10.8. The van der Waals surface area contributed by atoms with Gasteiger partial charge in [0.15, 0.2) is 5.69 Å². The van der Waals surface area contributed by atoms with Crippen LogP contribution in [0.1, 0.15) is 34.6 Å². The fourth-order valence-electron chi connectivity index (χ4n) is 4.17. The van der Waals surface area contributed by atoms with E-state index < -0.39 is 5.91 Å². The minimum atomic E-state index is -0.465. The van der Waals surface area contributed by atoms with Gasteiger partial charge in [0.05, 0.1) is 17.6 Å². The van der Waals surface area contributed by atoms with Crippen LogP contribution in [0.25, 0.3) is 10.8 Å². The van der Waals surface area contributed by atoms with E-state index in [1.165, 1.54) is 6.21 Å². The maximum absolute atomic E-state index is 12.6. The van der Waals surface area contributed by atoms with E-state index in [9.17, 15) is 9.90 Å². The van der Waals surface area contributed by atoms with Gasteiger partial charge in [0.25, 0.3) is 5.91 Å². The first-order chi connectivity index (χ1) is 16.5. The van der Waals surface area contributed by atoms with Gasteiger partial charge >= 0.3 is 0 Å². The van der Waals surface area contributed by atoms with Gasteiger partial charge in [0.1, 0.15) is 11.7 Å². The topological polar surface area (TPSA) is 105 Å². The third-order valence-electron chi connectivity index (χ3n) is 5.84. The highest BCUT2D eigenvalue weighted by Crippen LogP contribution is 2.29. The number of rotatable bonds is 5. The van der Waals surface area contributed by atoms with E-state index in [4.69, 9.17) is 0 Å². The van der Waals surface area contributed by atoms with Gasteiger partial charge in [-0.05, 0) is 22.9 Å². The van der Waals surface area contributed by atoms with Gasteiger partial charge in [0.2, 0.25) is 11.4 Å². The normalized spacial score (nSPS) is 15.8. The fraction of sp³-hybridized carbons (Fsp3) is 0.0769. The smallest absolute Gasteiger partial charge is 0.291 e. The summed E-state index contributed by atoms with van der Waals surface area (Å²) in [6, 6.07) is 22.7. The number of aromatic hydroxyl groups is 1. The number of hydrazine groups is 1. The number of hydrogen-bond acceptors (Lipinski definition) is 5. The molecule has 0 bridgehead atoms. The Morgan fingerprint density at radius 1 is 1.15 bits per heavy atom. The minimum Gasteiger partial charge on any atom is -0.507 e. The van der Waals surface area contributed by atoms with Crippen LogP contribution in [0.4, 0.5) is 5.69 Å². The second kappa shape index (κ2) is 8.67. The second-order valence-electron chi connectivity index (χ2n) is 8.01. The third-order valence-corrected chi connectivity index (χ3v) is 5.84. The number of aromatic amines is 1. The van der Waals surface area contributed by atoms with Crippen LogP contribution in [0.5, 0.6) is 5.75 Å². The molecule has 0 unspecified atom stereocenters. The highest BCUT2D eigenvalue weighted by atomic mass is 16.3.